The minimum atomic E-state index is -3.49. The molecule has 0 saturated carbocycles. The molecule has 0 unspecified atom stereocenters. The van der Waals surface area contributed by atoms with E-state index in [1.54, 1.807) is 36.5 Å². The molecule has 0 atom stereocenters. The maximum absolute atomic E-state index is 12.8. The van der Waals surface area contributed by atoms with Crippen molar-refractivity contribution in [1.29, 1.82) is 0 Å². The zero-order valence-corrected chi connectivity index (χ0v) is 15.8. The van der Waals surface area contributed by atoms with Crippen LogP contribution in [0.15, 0.2) is 52.0 Å². The average molecular weight is 425 g/mol. The Morgan fingerprint density at radius 2 is 1.84 bits per heavy atom. The van der Waals surface area contributed by atoms with Gasteiger partial charge in [-0.3, -0.25) is 0 Å². The van der Waals surface area contributed by atoms with Crippen molar-refractivity contribution in [3.05, 3.63) is 47.1 Å². The molecule has 0 N–H and O–H groups in total. The molecule has 25 heavy (non-hydrogen) atoms. The molecular formula is C17H17BrN2O4S. The van der Waals surface area contributed by atoms with E-state index in [9.17, 15) is 8.42 Å². The Morgan fingerprint density at radius 3 is 2.56 bits per heavy atom. The van der Waals surface area contributed by atoms with Gasteiger partial charge in [0.1, 0.15) is 12.2 Å². The van der Waals surface area contributed by atoms with Crippen molar-refractivity contribution in [2.45, 2.75) is 23.3 Å². The van der Waals surface area contributed by atoms with Crippen molar-refractivity contribution in [3.63, 3.8) is 0 Å². The highest BCUT2D eigenvalue weighted by Gasteiger charge is 2.43. The van der Waals surface area contributed by atoms with Gasteiger partial charge in [0.25, 0.3) is 5.88 Å². The van der Waals surface area contributed by atoms with Crippen LogP contribution < -0.4 is 9.47 Å². The van der Waals surface area contributed by atoms with Gasteiger partial charge in [-0.15, -0.1) is 0 Å². The van der Waals surface area contributed by atoms with E-state index in [2.05, 4.69) is 20.9 Å². The summed E-state index contributed by atoms with van der Waals surface area (Å²) in [6.07, 6.45) is 2.80. The Labute approximate surface area is 155 Å². The zero-order valence-electron chi connectivity index (χ0n) is 13.4. The highest BCUT2D eigenvalue weighted by Crippen LogP contribution is 2.38. The van der Waals surface area contributed by atoms with Crippen molar-refractivity contribution < 1.29 is 17.9 Å². The van der Waals surface area contributed by atoms with E-state index >= 15 is 0 Å². The van der Waals surface area contributed by atoms with Crippen LogP contribution in [0, 0.1) is 0 Å². The Bertz CT molecular complexity index is 878. The van der Waals surface area contributed by atoms with Crippen molar-refractivity contribution in [1.82, 2.24) is 9.29 Å². The van der Waals surface area contributed by atoms with Crippen LogP contribution in [0.3, 0.4) is 0 Å². The third-order valence-electron chi connectivity index (χ3n) is 4.63. The predicted octanol–water partition coefficient (Wildman–Crippen LogP) is 2.84. The SMILES string of the molecule is O=S(=O)(c1ccc(Br)cc1)N1CCC2(CC1)COc1cccnc1O2. The van der Waals surface area contributed by atoms with E-state index in [4.69, 9.17) is 9.47 Å². The zero-order chi connectivity index (χ0) is 17.5. The van der Waals surface area contributed by atoms with Gasteiger partial charge in [-0.05, 0) is 36.4 Å². The summed E-state index contributed by atoms with van der Waals surface area (Å²) < 4.78 is 39.8. The van der Waals surface area contributed by atoms with Gasteiger partial charge in [0.05, 0.1) is 4.90 Å². The van der Waals surface area contributed by atoms with Gasteiger partial charge < -0.3 is 9.47 Å². The first-order chi connectivity index (χ1) is 12.0. The molecule has 0 radical (unpaired) electrons. The number of sulfonamides is 1. The lowest BCUT2D eigenvalue weighted by Gasteiger charge is -2.42. The molecule has 4 rings (SSSR count). The number of rotatable bonds is 2. The first-order valence-corrected chi connectivity index (χ1v) is 10.2. The number of aromatic nitrogens is 1. The topological polar surface area (TPSA) is 68.7 Å². The number of nitrogens with zero attached hydrogens (tertiary/aromatic N) is 2. The fourth-order valence-electron chi connectivity index (χ4n) is 3.14. The molecule has 1 aromatic heterocycles. The van der Waals surface area contributed by atoms with Crippen molar-refractivity contribution in [2.75, 3.05) is 19.7 Å². The monoisotopic (exact) mass is 424 g/mol. The predicted molar refractivity (Wildman–Crippen MR) is 95.2 cm³/mol. The van der Waals surface area contributed by atoms with Crippen LogP contribution in [0.2, 0.25) is 0 Å². The minimum Gasteiger partial charge on any atom is -0.484 e. The summed E-state index contributed by atoms with van der Waals surface area (Å²) in [6.45, 7) is 1.20. The summed E-state index contributed by atoms with van der Waals surface area (Å²) in [4.78, 5) is 4.51. The first kappa shape index (κ1) is 16.8. The molecule has 132 valence electrons. The maximum atomic E-state index is 12.8. The summed E-state index contributed by atoms with van der Waals surface area (Å²) in [5.74, 6) is 1.12. The Morgan fingerprint density at radius 1 is 1.12 bits per heavy atom. The number of fused-ring (bicyclic) bond motifs is 1. The standard InChI is InChI=1S/C17H17BrN2O4S/c18-13-3-5-14(6-4-13)25(21,22)20-10-7-17(8-11-20)12-23-15-2-1-9-19-16(15)24-17/h1-6,9H,7-8,10-12H2. The molecule has 0 bridgehead atoms. The number of benzene rings is 1. The number of ether oxygens (including phenoxy) is 2. The van der Waals surface area contributed by atoms with Crippen LogP contribution in [0.4, 0.5) is 0 Å². The van der Waals surface area contributed by atoms with Crippen LogP contribution in [-0.4, -0.2) is 43.0 Å². The molecular weight excluding hydrogens is 408 g/mol. The Hall–Kier alpha value is -1.64. The molecule has 2 aromatic rings. The van der Waals surface area contributed by atoms with E-state index in [0.29, 0.717) is 49.1 Å². The number of piperidine rings is 1. The second-order valence-corrected chi connectivity index (χ2v) is 9.09. The third kappa shape index (κ3) is 3.14. The van der Waals surface area contributed by atoms with E-state index in [-0.39, 0.29) is 0 Å². The molecule has 2 aliphatic heterocycles. The average Bonchev–Trinajstić information content (AvgIpc) is 2.62. The molecule has 0 aliphatic carbocycles. The number of hydrogen-bond acceptors (Lipinski definition) is 5. The van der Waals surface area contributed by atoms with E-state index in [1.807, 2.05) is 6.07 Å². The number of pyridine rings is 1. The summed E-state index contributed by atoms with van der Waals surface area (Å²) in [5, 5.41) is 0. The van der Waals surface area contributed by atoms with Gasteiger partial charge in [0.15, 0.2) is 5.75 Å². The van der Waals surface area contributed by atoms with Crippen LogP contribution >= 0.6 is 15.9 Å². The lowest BCUT2D eigenvalue weighted by molar-refractivity contribution is -0.0448. The molecule has 1 fully saturated rings. The van der Waals surface area contributed by atoms with Gasteiger partial charge in [-0.25, -0.2) is 13.4 Å². The van der Waals surface area contributed by atoms with E-state index in [0.717, 1.165) is 4.47 Å². The molecule has 1 saturated heterocycles. The fraction of sp³-hybridized carbons (Fsp3) is 0.353. The highest BCUT2D eigenvalue weighted by molar-refractivity contribution is 9.10. The fourth-order valence-corrected chi connectivity index (χ4v) is 4.85. The van der Waals surface area contributed by atoms with Gasteiger partial charge in [-0.2, -0.15) is 4.31 Å². The summed E-state index contributed by atoms with van der Waals surface area (Å²) >= 11 is 3.32. The Balaban J connectivity index is 1.49. The first-order valence-electron chi connectivity index (χ1n) is 8.01. The summed E-state index contributed by atoms with van der Waals surface area (Å²) in [5.41, 5.74) is -0.507. The van der Waals surface area contributed by atoms with Crippen LogP contribution in [-0.2, 0) is 10.0 Å². The van der Waals surface area contributed by atoms with E-state index in [1.165, 1.54) is 4.31 Å². The largest absolute Gasteiger partial charge is 0.484 e. The van der Waals surface area contributed by atoms with E-state index < -0.39 is 15.6 Å². The summed E-state index contributed by atoms with van der Waals surface area (Å²) in [6, 6.07) is 10.3. The lowest BCUT2D eigenvalue weighted by Crippen LogP contribution is -2.54. The quantitative estimate of drug-likeness (QED) is 0.741. The highest BCUT2D eigenvalue weighted by atomic mass is 79.9. The molecule has 8 heteroatoms. The van der Waals surface area contributed by atoms with Crippen molar-refractivity contribution in [3.8, 4) is 11.6 Å². The molecule has 0 amide bonds. The molecule has 6 nitrogen and oxygen atoms in total. The summed E-state index contributed by atoms with van der Waals surface area (Å²) in [7, 11) is -3.49. The second-order valence-electron chi connectivity index (χ2n) is 6.24. The van der Waals surface area contributed by atoms with Crippen LogP contribution in [0.25, 0.3) is 0 Å². The minimum absolute atomic E-state index is 0.305. The second kappa shape index (κ2) is 6.26. The Kier molecular flexibility index (Phi) is 4.21. The van der Waals surface area contributed by atoms with Crippen LogP contribution in [0.1, 0.15) is 12.8 Å². The lowest BCUT2D eigenvalue weighted by atomic mass is 9.92. The molecule has 1 spiro atoms. The van der Waals surface area contributed by atoms with Gasteiger partial charge in [0, 0.05) is 36.6 Å². The van der Waals surface area contributed by atoms with Gasteiger partial charge >= 0.3 is 0 Å². The van der Waals surface area contributed by atoms with Crippen LogP contribution in [0.5, 0.6) is 11.6 Å². The number of hydrogen-bond donors (Lipinski definition) is 0. The third-order valence-corrected chi connectivity index (χ3v) is 7.07. The maximum Gasteiger partial charge on any atom is 0.257 e. The van der Waals surface area contributed by atoms with Crippen molar-refractivity contribution in [2.24, 2.45) is 0 Å². The van der Waals surface area contributed by atoms with Crippen molar-refractivity contribution >= 4 is 26.0 Å². The normalized spacial score (nSPS) is 19.7. The molecule has 2 aliphatic rings. The molecule has 1 aromatic carbocycles. The molecule has 3 heterocycles. The number of halogens is 1. The smallest absolute Gasteiger partial charge is 0.257 e. The van der Waals surface area contributed by atoms with Gasteiger partial charge in [0.2, 0.25) is 10.0 Å². The van der Waals surface area contributed by atoms with Gasteiger partial charge in [-0.1, -0.05) is 15.9 Å².